The fourth-order valence-electron chi connectivity index (χ4n) is 2.54. The maximum atomic E-state index is 12.2. The van der Waals surface area contributed by atoms with E-state index in [1.165, 1.54) is 4.90 Å². The molecule has 0 saturated carbocycles. The van der Waals surface area contributed by atoms with Gasteiger partial charge in [-0.05, 0) is 35.9 Å². The van der Waals surface area contributed by atoms with Crippen LogP contribution in [0.25, 0.3) is 0 Å². The highest BCUT2D eigenvalue weighted by atomic mass is 35.5. The maximum Gasteiger partial charge on any atom is 0.344 e. The van der Waals surface area contributed by atoms with Crippen LogP contribution in [-0.4, -0.2) is 50.3 Å². The van der Waals surface area contributed by atoms with Crippen molar-refractivity contribution in [3.63, 3.8) is 0 Å². The van der Waals surface area contributed by atoms with E-state index in [1.54, 1.807) is 31.3 Å². The SMILES string of the molecule is CN(Cc1ccc2c(c1)OCCO2)C(=O)COC(=O)COc1cccc(Cl)c1. The Morgan fingerprint density at radius 1 is 1.07 bits per heavy atom. The molecule has 0 radical (unpaired) electrons. The molecule has 28 heavy (non-hydrogen) atoms. The van der Waals surface area contributed by atoms with Gasteiger partial charge in [0.1, 0.15) is 19.0 Å². The van der Waals surface area contributed by atoms with Crippen molar-refractivity contribution in [2.45, 2.75) is 6.54 Å². The molecule has 0 spiro atoms. The molecule has 7 nitrogen and oxygen atoms in total. The minimum absolute atomic E-state index is 0.306. The molecule has 0 aromatic heterocycles. The number of hydrogen-bond acceptors (Lipinski definition) is 6. The second-order valence-corrected chi connectivity index (χ2v) is 6.57. The summed E-state index contributed by atoms with van der Waals surface area (Å²) >= 11 is 5.84. The first kappa shape index (κ1) is 19.8. The summed E-state index contributed by atoms with van der Waals surface area (Å²) in [5.74, 6) is 0.838. The van der Waals surface area contributed by atoms with Gasteiger partial charge in [-0.2, -0.15) is 0 Å². The molecule has 1 aliphatic rings. The number of hydrogen-bond donors (Lipinski definition) is 0. The number of halogens is 1. The summed E-state index contributed by atoms with van der Waals surface area (Å²) in [5.41, 5.74) is 0.885. The first-order valence-electron chi connectivity index (χ1n) is 8.68. The Bertz CT molecular complexity index is 856. The third-order valence-electron chi connectivity index (χ3n) is 3.96. The average Bonchev–Trinajstić information content (AvgIpc) is 2.70. The topological polar surface area (TPSA) is 74.3 Å². The van der Waals surface area contributed by atoms with Crippen molar-refractivity contribution >= 4 is 23.5 Å². The number of likely N-dealkylation sites (N-methyl/N-ethyl adjacent to an activating group) is 1. The van der Waals surface area contributed by atoms with Gasteiger partial charge >= 0.3 is 5.97 Å². The zero-order valence-corrected chi connectivity index (χ0v) is 16.1. The van der Waals surface area contributed by atoms with Gasteiger partial charge in [-0.3, -0.25) is 4.79 Å². The Balaban J connectivity index is 1.43. The molecule has 148 valence electrons. The van der Waals surface area contributed by atoms with E-state index in [4.69, 9.17) is 30.5 Å². The minimum Gasteiger partial charge on any atom is -0.486 e. The predicted molar refractivity (Wildman–Crippen MR) is 102 cm³/mol. The molecule has 8 heteroatoms. The standard InChI is InChI=1S/C20H20ClNO6/c1-22(11-14-5-6-17-18(9-14)26-8-7-25-17)19(23)12-28-20(24)13-27-16-4-2-3-15(21)10-16/h2-6,9-10H,7-8,11-13H2,1H3. The van der Waals surface area contributed by atoms with Gasteiger partial charge in [-0.1, -0.05) is 23.7 Å². The summed E-state index contributed by atoms with van der Waals surface area (Å²) in [6, 6.07) is 12.2. The number of fused-ring (bicyclic) bond motifs is 1. The summed E-state index contributed by atoms with van der Waals surface area (Å²) in [6.07, 6.45) is 0. The second-order valence-electron chi connectivity index (χ2n) is 6.13. The molecule has 3 rings (SSSR count). The van der Waals surface area contributed by atoms with E-state index >= 15 is 0 Å². The Labute approximate surface area is 167 Å². The van der Waals surface area contributed by atoms with Crippen molar-refractivity contribution < 1.29 is 28.5 Å². The van der Waals surface area contributed by atoms with Crippen LogP contribution in [0.5, 0.6) is 17.2 Å². The van der Waals surface area contributed by atoms with Crippen LogP contribution in [0.3, 0.4) is 0 Å². The third kappa shape index (κ3) is 5.53. The van der Waals surface area contributed by atoms with Crippen LogP contribution in [0.2, 0.25) is 5.02 Å². The summed E-state index contributed by atoms with van der Waals surface area (Å²) < 4.78 is 21.3. The zero-order valence-electron chi connectivity index (χ0n) is 15.4. The molecule has 0 N–H and O–H groups in total. The van der Waals surface area contributed by atoms with Gasteiger partial charge in [0.15, 0.2) is 24.7 Å². The van der Waals surface area contributed by atoms with Gasteiger partial charge in [0.25, 0.3) is 5.91 Å². The molecule has 0 atom stereocenters. The van der Waals surface area contributed by atoms with Crippen LogP contribution in [0.15, 0.2) is 42.5 Å². The summed E-state index contributed by atoms with van der Waals surface area (Å²) in [7, 11) is 1.63. The smallest absolute Gasteiger partial charge is 0.344 e. The van der Waals surface area contributed by atoms with Crippen LogP contribution in [-0.2, 0) is 20.9 Å². The van der Waals surface area contributed by atoms with E-state index in [0.717, 1.165) is 5.56 Å². The molecule has 0 unspecified atom stereocenters. The number of nitrogens with zero attached hydrogens (tertiary/aromatic N) is 1. The highest BCUT2D eigenvalue weighted by Crippen LogP contribution is 2.31. The number of ether oxygens (including phenoxy) is 4. The molecule has 2 aromatic rings. The summed E-state index contributed by atoms with van der Waals surface area (Å²) in [6.45, 7) is 0.708. The molecule has 0 fully saturated rings. The molecule has 1 heterocycles. The van der Waals surface area contributed by atoms with Gasteiger partial charge in [-0.25, -0.2) is 4.79 Å². The van der Waals surface area contributed by atoms with Crippen LogP contribution < -0.4 is 14.2 Å². The van der Waals surface area contributed by atoms with E-state index in [2.05, 4.69) is 0 Å². The lowest BCUT2D eigenvalue weighted by atomic mass is 10.2. The highest BCUT2D eigenvalue weighted by Gasteiger charge is 2.16. The van der Waals surface area contributed by atoms with Gasteiger partial charge in [0, 0.05) is 18.6 Å². The quantitative estimate of drug-likeness (QED) is 0.659. The molecular formula is C20H20ClNO6. The lowest BCUT2D eigenvalue weighted by Gasteiger charge is -2.21. The van der Waals surface area contributed by atoms with Crippen LogP contribution >= 0.6 is 11.6 Å². The van der Waals surface area contributed by atoms with Crippen molar-refractivity contribution in [3.05, 3.63) is 53.1 Å². The van der Waals surface area contributed by atoms with Crippen molar-refractivity contribution in [2.75, 3.05) is 33.5 Å². The first-order valence-corrected chi connectivity index (χ1v) is 9.05. The Kier molecular flexibility index (Phi) is 6.60. The predicted octanol–water partition coefficient (Wildman–Crippen LogP) is 2.69. The van der Waals surface area contributed by atoms with Crippen molar-refractivity contribution in [1.29, 1.82) is 0 Å². The monoisotopic (exact) mass is 405 g/mol. The number of carbonyl (C=O) groups is 2. The number of amides is 1. The lowest BCUT2D eigenvalue weighted by molar-refractivity contribution is -0.153. The molecule has 1 amide bonds. The normalized spacial score (nSPS) is 12.2. The van der Waals surface area contributed by atoms with Crippen molar-refractivity contribution in [1.82, 2.24) is 4.90 Å². The number of carbonyl (C=O) groups excluding carboxylic acids is 2. The number of esters is 1. The van der Waals surface area contributed by atoms with E-state index < -0.39 is 5.97 Å². The van der Waals surface area contributed by atoms with Gasteiger partial charge in [0.2, 0.25) is 0 Å². The Morgan fingerprint density at radius 2 is 1.86 bits per heavy atom. The van der Waals surface area contributed by atoms with Crippen molar-refractivity contribution in [3.8, 4) is 17.2 Å². The summed E-state index contributed by atoms with van der Waals surface area (Å²) in [4.78, 5) is 25.4. The number of rotatable bonds is 7. The van der Waals surface area contributed by atoms with E-state index in [0.29, 0.717) is 42.0 Å². The fourth-order valence-corrected chi connectivity index (χ4v) is 2.72. The molecule has 0 aliphatic carbocycles. The lowest BCUT2D eigenvalue weighted by Crippen LogP contribution is -2.31. The Hall–Kier alpha value is -2.93. The molecule has 1 aliphatic heterocycles. The second kappa shape index (κ2) is 9.32. The van der Waals surface area contributed by atoms with Gasteiger partial charge < -0.3 is 23.8 Å². The third-order valence-corrected chi connectivity index (χ3v) is 4.20. The number of benzene rings is 2. The zero-order chi connectivity index (χ0) is 19.9. The Morgan fingerprint density at radius 3 is 2.64 bits per heavy atom. The van der Waals surface area contributed by atoms with Crippen LogP contribution in [0.1, 0.15) is 5.56 Å². The van der Waals surface area contributed by atoms with Crippen LogP contribution in [0, 0.1) is 0 Å². The van der Waals surface area contributed by atoms with Gasteiger partial charge in [-0.15, -0.1) is 0 Å². The first-order chi connectivity index (χ1) is 13.5. The largest absolute Gasteiger partial charge is 0.486 e. The van der Waals surface area contributed by atoms with Gasteiger partial charge in [0.05, 0.1) is 0 Å². The average molecular weight is 406 g/mol. The molecular weight excluding hydrogens is 386 g/mol. The van der Waals surface area contributed by atoms with E-state index in [-0.39, 0.29) is 19.1 Å². The molecule has 0 bridgehead atoms. The molecule has 2 aromatic carbocycles. The van der Waals surface area contributed by atoms with E-state index in [1.807, 2.05) is 18.2 Å². The van der Waals surface area contributed by atoms with E-state index in [9.17, 15) is 9.59 Å². The fraction of sp³-hybridized carbons (Fsp3) is 0.300. The molecule has 0 saturated heterocycles. The van der Waals surface area contributed by atoms with Crippen molar-refractivity contribution in [2.24, 2.45) is 0 Å². The minimum atomic E-state index is -0.638. The van der Waals surface area contributed by atoms with Crippen LogP contribution in [0.4, 0.5) is 0 Å². The summed E-state index contributed by atoms with van der Waals surface area (Å²) in [5, 5.41) is 0.502. The highest BCUT2D eigenvalue weighted by molar-refractivity contribution is 6.30. The maximum absolute atomic E-state index is 12.2.